The molecular formula is C15H22FNO2. The van der Waals surface area contributed by atoms with Crippen LogP contribution >= 0.6 is 0 Å². The fraction of sp³-hybridized carbons (Fsp3) is 0.600. The average molecular weight is 267 g/mol. The molecule has 1 saturated heterocycles. The number of phenols is 1. The van der Waals surface area contributed by atoms with Gasteiger partial charge in [-0.2, -0.15) is 0 Å². The van der Waals surface area contributed by atoms with Gasteiger partial charge in [0.1, 0.15) is 11.6 Å². The Morgan fingerprint density at radius 1 is 1.42 bits per heavy atom. The maximum absolute atomic E-state index is 13.0. The fourth-order valence-electron chi connectivity index (χ4n) is 2.81. The van der Waals surface area contributed by atoms with E-state index in [1.807, 2.05) is 0 Å². The van der Waals surface area contributed by atoms with Crippen LogP contribution in [0, 0.1) is 11.7 Å². The maximum atomic E-state index is 13.0. The van der Waals surface area contributed by atoms with Crippen LogP contribution in [0.15, 0.2) is 18.2 Å². The highest BCUT2D eigenvalue weighted by atomic mass is 19.1. The highest BCUT2D eigenvalue weighted by Gasteiger charge is 2.24. The number of ether oxygens (including phenoxy) is 1. The lowest BCUT2D eigenvalue weighted by Gasteiger charge is -2.36. The van der Waals surface area contributed by atoms with Gasteiger partial charge in [0.15, 0.2) is 0 Å². The lowest BCUT2D eigenvalue weighted by atomic mass is 9.95. The number of likely N-dealkylation sites (tertiary alicyclic amines) is 1. The Morgan fingerprint density at radius 2 is 2.11 bits per heavy atom. The topological polar surface area (TPSA) is 32.7 Å². The van der Waals surface area contributed by atoms with Gasteiger partial charge in [-0.3, -0.25) is 4.90 Å². The molecule has 1 N–H and O–H groups in total. The van der Waals surface area contributed by atoms with E-state index in [9.17, 15) is 9.50 Å². The highest BCUT2D eigenvalue weighted by Crippen LogP contribution is 2.31. The second-order valence-corrected chi connectivity index (χ2v) is 5.31. The van der Waals surface area contributed by atoms with E-state index in [2.05, 4.69) is 11.8 Å². The molecule has 0 amide bonds. The van der Waals surface area contributed by atoms with Crippen molar-refractivity contribution in [3.8, 4) is 5.75 Å². The molecule has 0 aliphatic carbocycles. The summed E-state index contributed by atoms with van der Waals surface area (Å²) in [6.45, 7) is 4.87. The summed E-state index contributed by atoms with van der Waals surface area (Å²) < 4.78 is 18.2. The van der Waals surface area contributed by atoms with Gasteiger partial charge in [0.2, 0.25) is 0 Å². The highest BCUT2D eigenvalue weighted by molar-refractivity contribution is 5.35. The number of hydrogen-bond acceptors (Lipinski definition) is 3. The first kappa shape index (κ1) is 14.3. The van der Waals surface area contributed by atoms with Gasteiger partial charge in [0.25, 0.3) is 0 Å². The Morgan fingerprint density at radius 3 is 2.68 bits per heavy atom. The molecule has 1 aliphatic heterocycles. The normalized spacial score (nSPS) is 19.5. The first-order valence-corrected chi connectivity index (χ1v) is 6.83. The van der Waals surface area contributed by atoms with Crippen LogP contribution in [0.5, 0.6) is 5.75 Å². The van der Waals surface area contributed by atoms with E-state index in [0.717, 1.165) is 38.1 Å². The maximum Gasteiger partial charge on any atom is 0.126 e. The van der Waals surface area contributed by atoms with Crippen molar-refractivity contribution < 1.29 is 14.2 Å². The van der Waals surface area contributed by atoms with Crippen molar-refractivity contribution >= 4 is 0 Å². The minimum atomic E-state index is -0.396. The molecule has 0 saturated carbocycles. The molecule has 1 heterocycles. The molecule has 4 heteroatoms. The van der Waals surface area contributed by atoms with E-state index < -0.39 is 5.82 Å². The Balaban J connectivity index is 1.99. The number of piperidine rings is 1. The number of methoxy groups -OCH3 is 1. The van der Waals surface area contributed by atoms with Crippen LogP contribution in [-0.2, 0) is 4.74 Å². The van der Waals surface area contributed by atoms with E-state index in [4.69, 9.17) is 4.74 Å². The van der Waals surface area contributed by atoms with Crippen LogP contribution in [0.1, 0.15) is 31.4 Å². The molecule has 0 radical (unpaired) electrons. The Kier molecular flexibility index (Phi) is 4.77. The number of benzene rings is 1. The molecule has 106 valence electrons. The van der Waals surface area contributed by atoms with Gasteiger partial charge < -0.3 is 9.84 Å². The summed E-state index contributed by atoms with van der Waals surface area (Å²) in [5, 5.41) is 9.84. The number of halogens is 1. The minimum Gasteiger partial charge on any atom is -0.508 e. The zero-order valence-corrected chi connectivity index (χ0v) is 11.6. The standard InChI is InChI=1S/C15H22FNO2/c1-11(14-4-3-13(16)9-15(14)18)17-7-5-12(6-8-17)10-19-2/h3-4,9,11-12,18H,5-8,10H2,1-2H3. The Labute approximate surface area is 114 Å². The third kappa shape index (κ3) is 3.45. The van der Waals surface area contributed by atoms with Crippen molar-refractivity contribution in [3.05, 3.63) is 29.6 Å². The van der Waals surface area contributed by atoms with Crippen LogP contribution < -0.4 is 0 Å². The summed E-state index contributed by atoms with van der Waals surface area (Å²) in [5.41, 5.74) is 0.798. The third-order valence-corrected chi connectivity index (χ3v) is 4.04. The second kappa shape index (κ2) is 6.35. The molecular weight excluding hydrogens is 245 g/mol. The van der Waals surface area contributed by atoms with Gasteiger partial charge in [-0.15, -0.1) is 0 Å². The van der Waals surface area contributed by atoms with Crippen molar-refractivity contribution in [2.45, 2.75) is 25.8 Å². The predicted octanol–water partition coefficient (Wildman–Crippen LogP) is 2.95. The summed E-state index contributed by atoms with van der Waals surface area (Å²) >= 11 is 0. The van der Waals surface area contributed by atoms with Crippen molar-refractivity contribution in [1.82, 2.24) is 4.90 Å². The Bertz CT molecular complexity index is 417. The zero-order valence-electron chi connectivity index (χ0n) is 11.6. The largest absolute Gasteiger partial charge is 0.508 e. The molecule has 1 aromatic carbocycles. The van der Waals surface area contributed by atoms with Gasteiger partial charge >= 0.3 is 0 Å². The summed E-state index contributed by atoms with van der Waals surface area (Å²) in [4.78, 5) is 2.33. The third-order valence-electron chi connectivity index (χ3n) is 4.04. The van der Waals surface area contributed by atoms with Gasteiger partial charge in [0.05, 0.1) is 0 Å². The van der Waals surface area contributed by atoms with Crippen molar-refractivity contribution in [2.75, 3.05) is 26.8 Å². The summed E-state index contributed by atoms with van der Waals surface area (Å²) in [7, 11) is 1.74. The van der Waals surface area contributed by atoms with E-state index in [0.29, 0.717) is 5.92 Å². The van der Waals surface area contributed by atoms with Gasteiger partial charge in [-0.25, -0.2) is 4.39 Å². The molecule has 2 rings (SSSR count). The van der Waals surface area contributed by atoms with Crippen LogP contribution in [0.4, 0.5) is 4.39 Å². The zero-order chi connectivity index (χ0) is 13.8. The quantitative estimate of drug-likeness (QED) is 0.910. The Hall–Kier alpha value is -1.13. The monoisotopic (exact) mass is 267 g/mol. The minimum absolute atomic E-state index is 0.0477. The molecule has 1 aliphatic rings. The van der Waals surface area contributed by atoms with Gasteiger partial charge in [-0.1, -0.05) is 6.07 Å². The number of aromatic hydroxyl groups is 1. The van der Waals surface area contributed by atoms with Crippen LogP contribution in [0.3, 0.4) is 0 Å². The molecule has 0 bridgehead atoms. The number of rotatable bonds is 4. The van der Waals surface area contributed by atoms with Crippen molar-refractivity contribution in [3.63, 3.8) is 0 Å². The van der Waals surface area contributed by atoms with Gasteiger partial charge in [-0.05, 0) is 44.8 Å². The van der Waals surface area contributed by atoms with Crippen LogP contribution in [-0.4, -0.2) is 36.8 Å². The predicted molar refractivity (Wildman–Crippen MR) is 72.7 cm³/mol. The second-order valence-electron chi connectivity index (χ2n) is 5.31. The van der Waals surface area contributed by atoms with E-state index in [1.54, 1.807) is 13.2 Å². The molecule has 0 spiro atoms. The van der Waals surface area contributed by atoms with Crippen molar-refractivity contribution in [1.29, 1.82) is 0 Å². The summed E-state index contributed by atoms with van der Waals surface area (Å²) in [5.74, 6) is 0.286. The van der Waals surface area contributed by atoms with E-state index in [-0.39, 0.29) is 11.8 Å². The summed E-state index contributed by atoms with van der Waals surface area (Å²) in [6.07, 6.45) is 2.22. The summed E-state index contributed by atoms with van der Waals surface area (Å²) in [6, 6.07) is 4.38. The molecule has 0 aromatic heterocycles. The van der Waals surface area contributed by atoms with Crippen LogP contribution in [0.25, 0.3) is 0 Å². The number of hydrogen-bond donors (Lipinski definition) is 1. The van der Waals surface area contributed by atoms with Crippen molar-refractivity contribution in [2.24, 2.45) is 5.92 Å². The molecule has 1 aromatic rings. The molecule has 19 heavy (non-hydrogen) atoms. The van der Waals surface area contributed by atoms with E-state index >= 15 is 0 Å². The molecule has 1 atom stereocenters. The first-order valence-electron chi connectivity index (χ1n) is 6.83. The first-order chi connectivity index (χ1) is 9.11. The number of phenolic OH excluding ortho intramolecular Hbond substituents is 1. The lowest BCUT2D eigenvalue weighted by molar-refractivity contribution is 0.0827. The number of nitrogens with zero attached hydrogens (tertiary/aromatic N) is 1. The molecule has 1 unspecified atom stereocenters. The van der Waals surface area contributed by atoms with Gasteiger partial charge in [0, 0.05) is 31.4 Å². The fourth-order valence-corrected chi connectivity index (χ4v) is 2.81. The van der Waals surface area contributed by atoms with Crippen LogP contribution in [0.2, 0.25) is 0 Å². The molecule has 3 nitrogen and oxygen atoms in total. The lowest BCUT2D eigenvalue weighted by Crippen LogP contribution is -2.36. The smallest absolute Gasteiger partial charge is 0.126 e. The molecule has 1 fully saturated rings. The SMILES string of the molecule is COCC1CCN(C(C)c2ccc(F)cc2O)CC1. The van der Waals surface area contributed by atoms with E-state index in [1.165, 1.54) is 12.1 Å². The average Bonchev–Trinajstić information content (AvgIpc) is 2.39.